The van der Waals surface area contributed by atoms with Crippen molar-refractivity contribution in [2.45, 2.75) is 77.9 Å². The molecule has 1 fully saturated rings. The van der Waals surface area contributed by atoms with Crippen LogP contribution in [0.5, 0.6) is 0 Å². The van der Waals surface area contributed by atoms with Gasteiger partial charge in [0.05, 0.1) is 5.56 Å². The first kappa shape index (κ1) is 22.0. The van der Waals surface area contributed by atoms with Crippen molar-refractivity contribution in [1.29, 1.82) is 0 Å². The quantitative estimate of drug-likeness (QED) is 0.451. The molecule has 1 aliphatic carbocycles. The van der Waals surface area contributed by atoms with E-state index in [-0.39, 0.29) is 5.91 Å². The summed E-state index contributed by atoms with van der Waals surface area (Å²) in [6, 6.07) is 3.31. The second-order valence-corrected chi connectivity index (χ2v) is 15.3. The molecule has 0 atom stereocenters. The maximum atomic E-state index is 12.6. The molecule has 6 heteroatoms. The van der Waals surface area contributed by atoms with Crippen molar-refractivity contribution in [1.82, 2.24) is 14.9 Å². The predicted octanol–water partition coefficient (Wildman–Crippen LogP) is 5.22. The van der Waals surface area contributed by atoms with Gasteiger partial charge in [-0.25, -0.2) is 4.98 Å². The van der Waals surface area contributed by atoms with Crippen LogP contribution in [0.4, 0.5) is 0 Å². The Hall–Kier alpha value is -1.66. The number of fused-ring (bicyclic) bond motifs is 1. The van der Waals surface area contributed by atoms with Crippen molar-refractivity contribution >= 4 is 25.0 Å². The third-order valence-electron chi connectivity index (χ3n) is 5.83. The number of ether oxygens (including phenoxy) is 1. The van der Waals surface area contributed by atoms with Crippen LogP contribution in [0.1, 0.15) is 54.9 Å². The zero-order valence-electron chi connectivity index (χ0n) is 18.6. The Bertz CT molecular complexity index is 819. The third kappa shape index (κ3) is 6.16. The molecule has 0 radical (unpaired) electrons. The SMILES string of the molecule is CCNC(=O)c1cn(COCC[Si](C)(C)C)c2ncc(CC3CCCCC3)cc12. The van der Waals surface area contributed by atoms with Crippen LogP contribution < -0.4 is 5.32 Å². The standard InChI is InChI=1S/C23H37N3O2Si/c1-5-24-23(27)21-16-26(17-28-11-12-29(2,3)4)22-20(21)14-19(15-25-22)13-18-9-7-6-8-10-18/h14-16,18H,5-13,17H2,1-4H3,(H,24,27). The first-order valence-electron chi connectivity index (χ1n) is 11.2. The van der Waals surface area contributed by atoms with Crippen LogP contribution in [-0.2, 0) is 17.9 Å². The van der Waals surface area contributed by atoms with E-state index in [1.54, 1.807) is 0 Å². The Morgan fingerprint density at radius 3 is 2.72 bits per heavy atom. The summed E-state index contributed by atoms with van der Waals surface area (Å²) in [4.78, 5) is 17.4. The average Bonchev–Trinajstić information content (AvgIpc) is 3.04. The summed E-state index contributed by atoms with van der Waals surface area (Å²) in [5, 5.41) is 3.88. The second kappa shape index (κ2) is 9.89. The summed E-state index contributed by atoms with van der Waals surface area (Å²) < 4.78 is 7.92. The molecule has 0 bridgehead atoms. The molecule has 0 aromatic carbocycles. The van der Waals surface area contributed by atoms with E-state index in [0.29, 0.717) is 18.8 Å². The largest absolute Gasteiger partial charge is 0.361 e. The molecule has 1 N–H and O–H groups in total. The summed E-state index contributed by atoms with van der Waals surface area (Å²) in [5.41, 5.74) is 2.78. The zero-order valence-corrected chi connectivity index (χ0v) is 19.6. The second-order valence-electron chi connectivity index (χ2n) is 9.64. The molecule has 29 heavy (non-hydrogen) atoms. The molecule has 2 aromatic heterocycles. The maximum Gasteiger partial charge on any atom is 0.253 e. The summed E-state index contributed by atoms with van der Waals surface area (Å²) in [7, 11) is -1.12. The zero-order chi connectivity index (χ0) is 20.9. The fourth-order valence-corrected chi connectivity index (χ4v) is 4.88. The Morgan fingerprint density at radius 2 is 2.03 bits per heavy atom. The Labute approximate surface area is 176 Å². The van der Waals surface area contributed by atoms with Gasteiger partial charge in [-0.15, -0.1) is 0 Å². The fraction of sp³-hybridized carbons (Fsp3) is 0.652. The van der Waals surface area contributed by atoms with Crippen LogP contribution in [0.25, 0.3) is 11.0 Å². The van der Waals surface area contributed by atoms with E-state index in [2.05, 4.69) is 31.0 Å². The third-order valence-corrected chi connectivity index (χ3v) is 7.53. The van der Waals surface area contributed by atoms with E-state index in [0.717, 1.165) is 36.0 Å². The van der Waals surface area contributed by atoms with Gasteiger partial charge < -0.3 is 14.6 Å². The van der Waals surface area contributed by atoms with Gasteiger partial charge >= 0.3 is 0 Å². The number of hydrogen-bond acceptors (Lipinski definition) is 3. The molecule has 0 unspecified atom stereocenters. The van der Waals surface area contributed by atoms with Crippen molar-refractivity contribution in [3.63, 3.8) is 0 Å². The molecule has 5 nitrogen and oxygen atoms in total. The lowest BCUT2D eigenvalue weighted by atomic mass is 9.85. The predicted molar refractivity (Wildman–Crippen MR) is 122 cm³/mol. The number of amides is 1. The van der Waals surface area contributed by atoms with Gasteiger partial charge in [0.25, 0.3) is 5.91 Å². The molecule has 0 spiro atoms. The first-order valence-corrected chi connectivity index (χ1v) is 14.9. The van der Waals surface area contributed by atoms with Crippen LogP contribution in [0.2, 0.25) is 25.7 Å². The van der Waals surface area contributed by atoms with Gasteiger partial charge in [0.2, 0.25) is 0 Å². The minimum atomic E-state index is -1.12. The molecule has 3 rings (SSSR count). The van der Waals surface area contributed by atoms with Crippen LogP contribution in [0.3, 0.4) is 0 Å². The molecule has 0 saturated heterocycles. The highest BCUT2D eigenvalue weighted by Crippen LogP contribution is 2.28. The molecular formula is C23H37N3O2Si. The highest BCUT2D eigenvalue weighted by molar-refractivity contribution is 6.76. The number of carbonyl (C=O) groups is 1. The number of carbonyl (C=O) groups excluding carboxylic acids is 1. The lowest BCUT2D eigenvalue weighted by Gasteiger charge is -2.21. The summed E-state index contributed by atoms with van der Waals surface area (Å²) in [5.74, 6) is 0.720. The molecule has 160 valence electrons. The fourth-order valence-electron chi connectivity index (χ4n) is 4.13. The van der Waals surface area contributed by atoms with Gasteiger partial charge in [-0.1, -0.05) is 51.7 Å². The highest BCUT2D eigenvalue weighted by Gasteiger charge is 2.19. The molecule has 2 heterocycles. The monoisotopic (exact) mass is 415 g/mol. The van der Waals surface area contributed by atoms with Gasteiger partial charge in [0, 0.05) is 39.0 Å². The number of aromatic nitrogens is 2. The van der Waals surface area contributed by atoms with Gasteiger partial charge in [-0.3, -0.25) is 4.79 Å². The van der Waals surface area contributed by atoms with Gasteiger partial charge in [-0.05, 0) is 36.9 Å². The van der Waals surface area contributed by atoms with E-state index in [1.165, 1.54) is 37.7 Å². The maximum absolute atomic E-state index is 12.6. The van der Waals surface area contributed by atoms with E-state index in [1.807, 2.05) is 23.9 Å². The highest BCUT2D eigenvalue weighted by atomic mass is 28.3. The lowest BCUT2D eigenvalue weighted by Crippen LogP contribution is -2.22. The normalized spacial score (nSPS) is 15.7. The molecule has 1 aliphatic rings. The Balaban J connectivity index is 1.80. The topological polar surface area (TPSA) is 56.2 Å². The smallest absolute Gasteiger partial charge is 0.253 e. The summed E-state index contributed by atoms with van der Waals surface area (Å²) in [6.45, 7) is 10.8. The molecule has 2 aromatic rings. The Morgan fingerprint density at radius 1 is 1.28 bits per heavy atom. The minimum absolute atomic E-state index is 0.0324. The summed E-state index contributed by atoms with van der Waals surface area (Å²) in [6.07, 6.45) is 11.6. The van der Waals surface area contributed by atoms with Crippen LogP contribution >= 0.6 is 0 Å². The van der Waals surface area contributed by atoms with Crippen LogP contribution in [-0.4, -0.2) is 36.7 Å². The number of nitrogens with one attached hydrogen (secondary N) is 1. The molecule has 1 saturated carbocycles. The Kier molecular flexibility index (Phi) is 7.52. The van der Waals surface area contributed by atoms with E-state index in [9.17, 15) is 4.79 Å². The van der Waals surface area contributed by atoms with Crippen LogP contribution in [0, 0.1) is 5.92 Å². The number of pyridine rings is 1. The van der Waals surface area contributed by atoms with Crippen molar-refractivity contribution in [2.24, 2.45) is 5.92 Å². The van der Waals surface area contributed by atoms with Crippen LogP contribution in [0.15, 0.2) is 18.5 Å². The average molecular weight is 416 g/mol. The summed E-state index contributed by atoms with van der Waals surface area (Å²) >= 11 is 0. The van der Waals surface area contributed by atoms with E-state index in [4.69, 9.17) is 9.72 Å². The van der Waals surface area contributed by atoms with E-state index < -0.39 is 8.07 Å². The molecule has 1 amide bonds. The van der Waals surface area contributed by atoms with Crippen molar-refractivity contribution in [3.8, 4) is 0 Å². The van der Waals surface area contributed by atoms with Gasteiger partial charge in [0.15, 0.2) is 0 Å². The van der Waals surface area contributed by atoms with Crippen molar-refractivity contribution in [2.75, 3.05) is 13.2 Å². The molecular weight excluding hydrogens is 378 g/mol. The number of rotatable bonds is 9. The minimum Gasteiger partial charge on any atom is -0.361 e. The number of hydrogen-bond donors (Lipinski definition) is 1. The van der Waals surface area contributed by atoms with E-state index >= 15 is 0 Å². The number of nitrogens with zero attached hydrogens (tertiary/aromatic N) is 2. The van der Waals surface area contributed by atoms with Gasteiger partial charge in [0.1, 0.15) is 12.4 Å². The lowest BCUT2D eigenvalue weighted by molar-refractivity contribution is 0.0892. The first-order chi connectivity index (χ1) is 13.9. The van der Waals surface area contributed by atoms with Crippen molar-refractivity contribution < 1.29 is 9.53 Å². The van der Waals surface area contributed by atoms with Crippen molar-refractivity contribution in [3.05, 3.63) is 29.6 Å². The van der Waals surface area contributed by atoms with Gasteiger partial charge in [-0.2, -0.15) is 0 Å². The molecule has 0 aliphatic heterocycles.